The van der Waals surface area contributed by atoms with Gasteiger partial charge in [0, 0.05) is 6.42 Å². The van der Waals surface area contributed by atoms with Crippen LogP contribution in [0.2, 0.25) is 0 Å². The molecule has 0 aromatic heterocycles. The maximum Gasteiger partial charge on any atom is 0.220 e. The Morgan fingerprint density at radius 1 is 0.515 bits per heavy atom. The van der Waals surface area contributed by atoms with E-state index in [1.165, 1.54) is 173 Å². The maximum atomic E-state index is 12.9. The highest BCUT2D eigenvalue weighted by atomic mass is 16.7. The number of ether oxygens (including phenoxy) is 2. The van der Waals surface area contributed by atoms with E-state index in [-0.39, 0.29) is 12.5 Å². The van der Waals surface area contributed by atoms with Gasteiger partial charge in [0.2, 0.25) is 5.91 Å². The van der Waals surface area contributed by atoms with Crippen molar-refractivity contribution in [2.75, 3.05) is 13.2 Å². The summed E-state index contributed by atoms with van der Waals surface area (Å²) in [7, 11) is 0. The Hall–Kier alpha value is -1.85. The number of hydrogen-bond donors (Lipinski definition) is 6. The third kappa shape index (κ3) is 36.2. The van der Waals surface area contributed by atoms with E-state index in [0.717, 1.165) is 57.8 Å². The second-order valence-electron chi connectivity index (χ2n) is 19.4. The number of allylic oxidation sites excluding steroid dienone is 7. The molecule has 1 fully saturated rings. The van der Waals surface area contributed by atoms with Gasteiger partial charge >= 0.3 is 0 Å². The highest BCUT2D eigenvalue weighted by Crippen LogP contribution is 2.23. The second kappa shape index (κ2) is 46.9. The zero-order valence-corrected chi connectivity index (χ0v) is 42.7. The van der Waals surface area contributed by atoms with E-state index >= 15 is 0 Å². The summed E-state index contributed by atoms with van der Waals surface area (Å²) in [5.41, 5.74) is 0. The normalized spacial score (nSPS) is 20.1. The average molecular weight is 932 g/mol. The first-order chi connectivity index (χ1) is 32.3. The second-order valence-corrected chi connectivity index (χ2v) is 19.4. The molecule has 6 N–H and O–H groups in total. The fourth-order valence-corrected chi connectivity index (χ4v) is 8.69. The number of unbranched alkanes of at least 4 members (excludes halogenated alkanes) is 31. The Kier molecular flexibility index (Phi) is 44.1. The summed E-state index contributed by atoms with van der Waals surface area (Å²) in [6.45, 7) is 3.68. The van der Waals surface area contributed by atoms with Crippen molar-refractivity contribution in [3.05, 3.63) is 48.6 Å². The van der Waals surface area contributed by atoms with Gasteiger partial charge in [-0.15, -0.1) is 0 Å². The molecular weight excluding hydrogens is 827 g/mol. The molecule has 1 rings (SSSR count). The molecule has 0 saturated carbocycles. The molecular formula is C57H105NO8. The van der Waals surface area contributed by atoms with Crippen molar-refractivity contribution >= 4 is 5.91 Å². The highest BCUT2D eigenvalue weighted by molar-refractivity contribution is 5.76. The van der Waals surface area contributed by atoms with Crippen LogP contribution in [-0.2, 0) is 14.3 Å². The molecule has 0 aromatic carbocycles. The molecule has 9 nitrogen and oxygen atoms in total. The van der Waals surface area contributed by atoms with Crippen molar-refractivity contribution in [3.8, 4) is 0 Å². The average Bonchev–Trinajstić information content (AvgIpc) is 3.32. The number of aliphatic hydroxyl groups excluding tert-OH is 5. The minimum absolute atomic E-state index is 0.180. The SMILES string of the molecule is CCCCCC/C=C/C(O)C(COC1OC(CO)C(O)C(O)C1O)NC(=O)CCCCCCCCCCCCCCCCCCCCCCCC/C=C\C/C=C\C/C=C\CCCCCCC. The minimum atomic E-state index is -1.56. The summed E-state index contributed by atoms with van der Waals surface area (Å²) in [4.78, 5) is 12.9. The standard InChI is InChI=1S/C57H105NO8/c1-3-5-7-9-11-12-13-14-15-16-17-18-19-20-21-22-23-24-25-26-27-28-29-30-31-32-33-34-35-36-37-38-39-40-41-43-45-47-53(61)58-50(51(60)46-44-42-10-8-6-4-2)49-65-57-56(64)55(63)54(62)52(48-59)66-57/h13-14,16-17,19-20,44,46,50-52,54-57,59-60,62-64H,3-12,15,18,21-43,45,47-49H2,1-2H3,(H,58,61)/b14-13-,17-16-,20-19-,46-44+. The maximum absolute atomic E-state index is 12.9. The van der Waals surface area contributed by atoms with E-state index in [1.807, 2.05) is 6.08 Å². The molecule has 7 atom stereocenters. The lowest BCUT2D eigenvalue weighted by Crippen LogP contribution is -2.60. The molecule has 1 amide bonds. The number of rotatable bonds is 47. The van der Waals surface area contributed by atoms with E-state index < -0.39 is 49.5 Å². The summed E-state index contributed by atoms with van der Waals surface area (Å²) in [6, 6.07) is -0.800. The Bertz CT molecular complexity index is 1170. The number of carbonyl (C=O) groups is 1. The fourth-order valence-electron chi connectivity index (χ4n) is 8.69. The Balaban J connectivity index is 1.98. The minimum Gasteiger partial charge on any atom is -0.394 e. The zero-order valence-electron chi connectivity index (χ0n) is 42.7. The highest BCUT2D eigenvalue weighted by Gasteiger charge is 2.44. The van der Waals surface area contributed by atoms with E-state index in [0.29, 0.717) is 6.42 Å². The van der Waals surface area contributed by atoms with Gasteiger partial charge in [0.15, 0.2) is 6.29 Å². The van der Waals surface area contributed by atoms with Gasteiger partial charge in [0.05, 0.1) is 25.4 Å². The van der Waals surface area contributed by atoms with Gasteiger partial charge in [-0.25, -0.2) is 0 Å². The molecule has 1 heterocycles. The number of amides is 1. The van der Waals surface area contributed by atoms with Crippen LogP contribution in [0, 0.1) is 0 Å². The molecule has 0 bridgehead atoms. The van der Waals surface area contributed by atoms with Crippen molar-refractivity contribution in [1.82, 2.24) is 5.32 Å². The molecule has 0 spiro atoms. The van der Waals surface area contributed by atoms with Crippen molar-refractivity contribution in [1.29, 1.82) is 0 Å². The first-order valence-electron chi connectivity index (χ1n) is 27.9. The van der Waals surface area contributed by atoms with Gasteiger partial charge in [-0.3, -0.25) is 4.79 Å². The van der Waals surface area contributed by atoms with Crippen LogP contribution in [0.5, 0.6) is 0 Å². The van der Waals surface area contributed by atoms with Crippen LogP contribution >= 0.6 is 0 Å². The molecule has 1 aliphatic heterocycles. The van der Waals surface area contributed by atoms with Crippen LogP contribution in [0.1, 0.15) is 251 Å². The van der Waals surface area contributed by atoms with Gasteiger partial charge in [-0.1, -0.05) is 236 Å². The molecule has 386 valence electrons. The first kappa shape index (κ1) is 62.2. The lowest BCUT2D eigenvalue weighted by atomic mass is 9.99. The third-order valence-corrected chi connectivity index (χ3v) is 13.1. The van der Waals surface area contributed by atoms with Gasteiger partial charge < -0.3 is 40.3 Å². The molecule has 0 radical (unpaired) electrons. The van der Waals surface area contributed by atoms with Crippen LogP contribution in [0.15, 0.2) is 48.6 Å². The van der Waals surface area contributed by atoms with Crippen molar-refractivity contribution in [2.24, 2.45) is 0 Å². The largest absolute Gasteiger partial charge is 0.394 e. The predicted molar refractivity (Wildman–Crippen MR) is 276 cm³/mol. The van der Waals surface area contributed by atoms with Crippen LogP contribution < -0.4 is 5.32 Å². The van der Waals surface area contributed by atoms with E-state index in [1.54, 1.807) is 6.08 Å². The number of carbonyl (C=O) groups excluding carboxylic acids is 1. The fraction of sp³-hybridized carbons (Fsp3) is 0.842. The summed E-state index contributed by atoms with van der Waals surface area (Å²) in [6.07, 6.45) is 55.3. The van der Waals surface area contributed by atoms with Gasteiger partial charge in [0.25, 0.3) is 0 Å². The quantitative estimate of drug-likeness (QED) is 0.0261. The van der Waals surface area contributed by atoms with Gasteiger partial charge in [-0.2, -0.15) is 0 Å². The Morgan fingerprint density at radius 2 is 0.894 bits per heavy atom. The molecule has 7 unspecified atom stereocenters. The van der Waals surface area contributed by atoms with Crippen LogP contribution in [-0.4, -0.2) is 87.5 Å². The summed E-state index contributed by atoms with van der Waals surface area (Å²) >= 11 is 0. The van der Waals surface area contributed by atoms with E-state index in [2.05, 4.69) is 55.6 Å². The molecule has 66 heavy (non-hydrogen) atoms. The topological polar surface area (TPSA) is 149 Å². The van der Waals surface area contributed by atoms with E-state index in [4.69, 9.17) is 9.47 Å². The molecule has 1 aliphatic rings. The van der Waals surface area contributed by atoms with Crippen molar-refractivity contribution < 1.29 is 39.8 Å². The Morgan fingerprint density at radius 3 is 1.33 bits per heavy atom. The Labute approximate surface area is 405 Å². The molecule has 0 aliphatic carbocycles. The molecule has 1 saturated heterocycles. The lowest BCUT2D eigenvalue weighted by Gasteiger charge is -2.40. The summed E-state index contributed by atoms with van der Waals surface area (Å²) in [5.74, 6) is -0.180. The summed E-state index contributed by atoms with van der Waals surface area (Å²) in [5, 5.41) is 53.9. The zero-order chi connectivity index (χ0) is 48.0. The van der Waals surface area contributed by atoms with Crippen LogP contribution in [0.3, 0.4) is 0 Å². The van der Waals surface area contributed by atoms with Gasteiger partial charge in [0.1, 0.15) is 24.4 Å². The molecule has 9 heteroatoms. The number of hydrogen-bond acceptors (Lipinski definition) is 8. The molecule has 0 aromatic rings. The number of nitrogens with one attached hydrogen (secondary N) is 1. The number of aliphatic hydroxyl groups is 5. The smallest absolute Gasteiger partial charge is 0.220 e. The van der Waals surface area contributed by atoms with Crippen molar-refractivity contribution in [2.45, 2.75) is 294 Å². The van der Waals surface area contributed by atoms with E-state index in [9.17, 15) is 30.3 Å². The lowest BCUT2D eigenvalue weighted by molar-refractivity contribution is -0.302. The first-order valence-corrected chi connectivity index (χ1v) is 27.9. The van der Waals surface area contributed by atoms with Crippen LogP contribution in [0.4, 0.5) is 0 Å². The third-order valence-electron chi connectivity index (χ3n) is 13.1. The van der Waals surface area contributed by atoms with Crippen LogP contribution in [0.25, 0.3) is 0 Å². The summed E-state index contributed by atoms with van der Waals surface area (Å²) < 4.78 is 11.2. The monoisotopic (exact) mass is 932 g/mol. The van der Waals surface area contributed by atoms with Gasteiger partial charge in [-0.05, 0) is 57.8 Å². The van der Waals surface area contributed by atoms with Crippen molar-refractivity contribution in [3.63, 3.8) is 0 Å². The predicted octanol–water partition coefficient (Wildman–Crippen LogP) is 13.3.